The smallest absolute Gasteiger partial charge is 0.0474 e. The third kappa shape index (κ3) is 3.12. The van der Waals surface area contributed by atoms with Gasteiger partial charge in [-0.3, -0.25) is 16.3 Å². The number of nitrogens with zero attached hydrogens (tertiary/aromatic N) is 1. The fourth-order valence-electron chi connectivity index (χ4n) is 1.95. The molecule has 0 amide bonds. The van der Waals surface area contributed by atoms with E-state index >= 15 is 0 Å². The van der Waals surface area contributed by atoms with Crippen molar-refractivity contribution in [3.63, 3.8) is 0 Å². The molecule has 0 aromatic carbocycles. The van der Waals surface area contributed by atoms with Crippen molar-refractivity contribution in [1.82, 2.24) is 10.4 Å². The summed E-state index contributed by atoms with van der Waals surface area (Å²) in [5.41, 5.74) is 5.52. The fourth-order valence-corrected chi connectivity index (χ4v) is 2.71. The Labute approximate surface area is 106 Å². The third-order valence-electron chi connectivity index (χ3n) is 2.95. The number of rotatable bonds is 5. The second-order valence-electron chi connectivity index (χ2n) is 4.05. The highest BCUT2D eigenvalue weighted by Gasteiger charge is 2.12. The Morgan fingerprint density at radius 1 is 1.35 bits per heavy atom. The summed E-state index contributed by atoms with van der Waals surface area (Å²) in [5, 5.41) is 2.11. The van der Waals surface area contributed by atoms with Crippen LogP contribution in [0.4, 0.5) is 0 Å². The number of thiophene rings is 1. The van der Waals surface area contributed by atoms with Crippen LogP contribution in [0.15, 0.2) is 36.0 Å². The molecule has 2 aromatic heterocycles. The van der Waals surface area contributed by atoms with Crippen LogP contribution < -0.4 is 11.3 Å². The van der Waals surface area contributed by atoms with Crippen LogP contribution in [0.25, 0.3) is 0 Å². The van der Waals surface area contributed by atoms with E-state index in [2.05, 4.69) is 28.8 Å². The van der Waals surface area contributed by atoms with Crippen LogP contribution in [-0.2, 0) is 6.42 Å². The van der Waals surface area contributed by atoms with Crippen molar-refractivity contribution in [3.05, 3.63) is 52.0 Å². The van der Waals surface area contributed by atoms with Gasteiger partial charge in [0, 0.05) is 23.3 Å². The minimum atomic E-state index is 0.231. The normalized spacial score (nSPS) is 12.6. The van der Waals surface area contributed by atoms with Crippen molar-refractivity contribution in [1.29, 1.82) is 0 Å². The van der Waals surface area contributed by atoms with Crippen LogP contribution >= 0.6 is 11.3 Å². The van der Waals surface area contributed by atoms with E-state index in [1.165, 1.54) is 16.0 Å². The third-order valence-corrected chi connectivity index (χ3v) is 3.81. The van der Waals surface area contributed by atoms with Crippen LogP contribution in [0.1, 0.15) is 28.5 Å². The predicted octanol–water partition coefficient (Wildman–Crippen LogP) is 2.59. The molecule has 0 bridgehead atoms. The summed E-state index contributed by atoms with van der Waals surface area (Å²) in [4.78, 5) is 5.35. The van der Waals surface area contributed by atoms with Gasteiger partial charge in [0.2, 0.25) is 0 Å². The molecule has 0 saturated carbocycles. The van der Waals surface area contributed by atoms with Gasteiger partial charge in [0.1, 0.15) is 0 Å². The molecular formula is C13H17N3S. The van der Waals surface area contributed by atoms with Gasteiger partial charge in [0.25, 0.3) is 0 Å². The van der Waals surface area contributed by atoms with Gasteiger partial charge in [-0.1, -0.05) is 0 Å². The molecule has 2 rings (SSSR count). The lowest BCUT2D eigenvalue weighted by Gasteiger charge is -2.15. The van der Waals surface area contributed by atoms with Gasteiger partial charge in [-0.05, 0) is 54.5 Å². The van der Waals surface area contributed by atoms with Gasteiger partial charge in [-0.2, -0.15) is 0 Å². The molecule has 0 radical (unpaired) electrons. The second-order valence-corrected chi connectivity index (χ2v) is 5.17. The maximum atomic E-state index is 5.64. The monoisotopic (exact) mass is 247 g/mol. The minimum absolute atomic E-state index is 0.231. The first-order valence-corrected chi connectivity index (χ1v) is 6.58. The first-order chi connectivity index (χ1) is 8.31. The first kappa shape index (κ1) is 12.2. The molecule has 90 valence electrons. The largest absolute Gasteiger partial charge is 0.271 e. The van der Waals surface area contributed by atoms with Gasteiger partial charge in [-0.25, -0.2) is 0 Å². The van der Waals surface area contributed by atoms with Crippen LogP contribution in [-0.4, -0.2) is 4.98 Å². The van der Waals surface area contributed by atoms with E-state index in [4.69, 9.17) is 5.84 Å². The number of hydrazine groups is 1. The number of nitrogens with one attached hydrogen (secondary N) is 1. The molecule has 0 aliphatic heterocycles. The minimum Gasteiger partial charge on any atom is -0.271 e. The molecule has 3 N–H and O–H groups in total. The summed E-state index contributed by atoms with van der Waals surface area (Å²) in [6, 6.07) is 6.48. The van der Waals surface area contributed by atoms with E-state index in [0.717, 1.165) is 12.8 Å². The number of pyridine rings is 1. The molecule has 1 atom stereocenters. The van der Waals surface area contributed by atoms with E-state index in [1.807, 2.05) is 24.5 Å². The fraction of sp³-hybridized carbons (Fsp3) is 0.308. The highest BCUT2D eigenvalue weighted by atomic mass is 32.1. The van der Waals surface area contributed by atoms with Crippen molar-refractivity contribution in [2.24, 2.45) is 5.84 Å². The summed E-state index contributed by atoms with van der Waals surface area (Å²) in [6.45, 7) is 2.14. The van der Waals surface area contributed by atoms with Gasteiger partial charge >= 0.3 is 0 Å². The lowest BCUT2D eigenvalue weighted by molar-refractivity contribution is 0.516. The Bertz CT molecular complexity index is 453. The van der Waals surface area contributed by atoms with Crippen LogP contribution in [0.2, 0.25) is 0 Å². The zero-order chi connectivity index (χ0) is 12.1. The molecule has 2 aromatic rings. The highest BCUT2D eigenvalue weighted by molar-refractivity contribution is 7.10. The van der Waals surface area contributed by atoms with Crippen molar-refractivity contribution < 1.29 is 0 Å². The van der Waals surface area contributed by atoms with Crippen molar-refractivity contribution in [3.8, 4) is 0 Å². The summed E-state index contributed by atoms with van der Waals surface area (Å²) < 4.78 is 0. The molecule has 0 spiro atoms. The summed E-state index contributed by atoms with van der Waals surface area (Å²) in [5.74, 6) is 5.64. The predicted molar refractivity (Wildman–Crippen MR) is 71.7 cm³/mol. The molecule has 0 aliphatic carbocycles. The van der Waals surface area contributed by atoms with E-state index in [-0.39, 0.29) is 6.04 Å². The molecule has 2 heterocycles. The summed E-state index contributed by atoms with van der Waals surface area (Å²) in [6.07, 6.45) is 5.66. The topological polar surface area (TPSA) is 50.9 Å². The average Bonchev–Trinajstić information content (AvgIpc) is 2.78. The molecule has 0 fully saturated rings. The van der Waals surface area contributed by atoms with Gasteiger partial charge in [0.05, 0.1) is 0 Å². The lowest BCUT2D eigenvalue weighted by atomic mass is 10.0. The molecular weight excluding hydrogens is 230 g/mol. The standard InChI is InChI=1S/C13H17N3S/c1-10-12(6-9-17-10)13(16-14)3-2-11-4-7-15-8-5-11/h4-9,13,16H,2-3,14H2,1H3. The zero-order valence-electron chi connectivity index (χ0n) is 9.89. The Hall–Kier alpha value is -1.23. The number of aryl methyl sites for hydroxylation is 2. The molecule has 1 unspecified atom stereocenters. The Balaban J connectivity index is 2.00. The maximum absolute atomic E-state index is 5.64. The number of hydrogen-bond acceptors (Lipinski definition) is 4. The lowest BCUT2D eigenvalue weighted by Crippen LogP contribution is -2.28. The second kappa shape index (κ2) is 5.91. The maximum Gasteiger partial charge on any atom is 0.0474 e. The summed E-state index contributed by atoms with van der Waals surface area (Å²) >= 11 is 1.76. The van der Waals surface area contributed by atoms with Crippen molar-refractivity contribution in [2.45, 2.75) is 25.8 Å². The van der Waals surface area contributed by atoms with Gasteiger partial charge < -0.3 is 0 Å². The Kier molecular flexibility index (Phi) is 4.25. The quantitative estimate of drug-likeness (QED) is 0.630. The van der Waals surface area contributed by atoms with Crippen LogP contribution in [0.3, 0.4) is 0 Å². The molecule has 0 saturated heterocycles. The van der Waals surface area contributed by atoms with Crippen LogP contribution in [0, 0.1) is 6.92 Å². The molecule has 0 aliphatic rings. The van der Waals surface area contributed by atoms with Crippen molar-refractivity contribution in [2.75, 3.05) is 0 Å². The highest BCUT2D eigenvalue weighted by Crippen LogP contribution is 2.25. The molecule has 3 nitrogen and oxygen atoms in total. The first-order valence-electron chi connectivity index (χ1n) is 5.70. The van der Waals surface area contributed by atoms with Gasteiger partial charge in [0.15, 0.2) is 0 Å². The van der Waals surface area contributed by atoms with E-state index in [9.17, 15) is 0 Å². The van der Waals surface area contributed by atoms with E-state index in [0.29, 0.717) is 0 Å². The van der Waals surface area contributed by atoms with Crippen LogP contribution in [0.5, 0.6) is 0 Å². The van der Waals surface area contributed by atoms with Crippen molar-refractivity contribution >= 4 is 11.3 Å². The number of hydrogen-bond donors (Lipinski definition) is 2. The number of aromatic nitrogens is 1. The van der Waals surface area contributed by atoms with E-state index < -0.39 is 0 Å². The SMILES string of the molecule is Cc1sccc1C(CCc1ccncc1)NN. The molecule has 17 heavy (non-hydrogen) atoms. The van der Waals surface area contributed by atoms with E-state index in [1.54, 1.807) is 11.3 Å². The summed E-state index contributed by atoms with van der Waals surface area (Å²) in [7, 11) is 0. The number of nitrogens with two attached hydrogens (primary N) is 1. The molecule has 4 heteroatoms. The average molecular weight is 247 g/mol. The zero-order valence-corrected chi connectivity index (χ0v) is 10.7. The Morgan fingerprint density at radius 2 is 2.12 bits per heavy atom. The Morgan fingerprint density at radius 3 is 2.71 bits per heavy atom. The van der Waals surface area contributed by atoms with Gasteiger partial charge in [-0.15, -0.1) is 11.3 Å².